The summed E-state index contributed by atoms with van der Waals surface area (Å²) in [5.41, 5.74) is 0.537. The largest absolute Gasteiger partial charge is 0.417 e. The zero-order chi connectivity index (χ0) is 18.2. The lowest BCUT2D eigenvalue weighted by atomic mass is 9.88. The van der Waals surface area contributed by atoms with Crippen molar-refractivity contribution in [1.29, 1.82) is 0 Å². The van der Waals surface area contributed by atoms with Crippen LogP contribution in [-0.2, 0) is 12.6 Å². The Bertz CT molecular complexity index is 783. The number of amides is 1. The molecule has 0 radical (unpaired) electrons. The third kappa shape index (κ3) is 3.28. The molecule has 25 heavy (non-hydrogen) atoms. The van der Waals surface area contributed by atoms with Crippen LogP contribution in [0.15, 0.2) is 48.5 Å². The lowest BCUT2D eigenvalue weighted by Crippen LogP contribution is -2.47. The zero-order valence-electron chi connectivity index (χ0n) is 14.2. The highest BCUT2D eigenvalue weighted by atomic mass is 19.4. The van der Waals surface area contributed by atoms with Crippen LogP contribution in [0.2, 0.25) is 0 Å². The van der Waals surface area contributed by atoms with Gasteiger partial charge in [0.15, 0.2) is 0 Å². The van der Waals surface area contributed by atoms with Crippen molar-refractivity contribution in [3.8, 4) is 0 Å². The second-order valence-electron chi connectivity index (χ2n) is 6.70. The van der Waals surface area contributed by atoms with Crippen molar-refractivity contribution in [1.82, 2.24) is 0 Å². The van der Waals surface area contributed by atoms with E-state index in [2.05, 4.69) is 0 Å². The Morgan fingerprint density at radius 2 is 1.72 bits per heavy atom. The van der Waals surface area contributed by atoms with Crippen LogP contribution in [0.5, 0.6) is 0 Å². The molecule has 5 heteroatoms. The molecule has 0 saturated heterocycles. The Hall–Kier alpha value is -2.30. The number of rotatable bonds is 2. The number of aryl methyl sites for hydroxylation is 1. The van der Waals surface area contributed by atoms with Crippen molar-refractivity contribution < 1.29 is 18.0 Å². The Labute approximate surface area is 145 Å². The first-order valence-corrected chi connectivity index (χ1v) is 8.38. The van der Waals surface area contributed by atoms with Gasteiger partial charge < -0.3 is 4.90 Å². The van der Waals surface area contributed by atoms with E-state index >= 15 is 0 Å². The van der Waals surface area contributed by atoms with E-state index in [0.29, 0.717) is 0 Å². The van der Waals surface area contributed by atoms with Gasteiger partial charge in [0.1, 0.15) is 0 Å². The van der Waals surface area contributed by atoms with E-state index in [4.69, 9.17) is 0 Å². The number of fused-ring (bicyclic) bond motifs is 1. The van der Waals surface area contributed by atoms with Crippen molar-refractivity contribution in [2.24, 2.45) is 5.92 Å². The summed E-state index contributed by atoms with van der Waals surface area (Å²) < 4.78 is 40.1. The van der Waals surface area contributed by atoms with Gasteiger partial charge >= 0.3 is 6.18 Å². The normalized spacial score (nSPS) is 17.5. The van der Waals surface area contributed by atoms with Crippen LogP contribution in [0.25, 0.3) is 0 Å². The molecule has 0 unspecified atom stereocenters. The first-order valence-electron chi connectivity index (χ1n) is 8.38. The Morgan fingerprint density at radius 3 is 2.40 bits per heavy atom. The van der Waals surface area contributed by atoms with Gasteiger partial charge in [-0.3, -0.25) is 4.79 Å². The maximum Gasteiger partial charge on any atom is 0.417 e. The molecule has 2 aromatic carbocycles. The highest BCUT2D eigenvalue weighted by Crippen LogP contribution is 2.37. The molecule has 2 aromatic rings. The monoisotopic (exact) mass is 347 g/mol. The molecule has 3 rings (SSSR count). The predicted octanol–water partition coefficient (Wildman–Crippen LogP) is 5.32. The summed E-state index contributed by atoms with van der Waals surface area (Å²) in [6, 6.07) is 12.3. The molecule has 0 bridgehead atoms. The van der Waals surface area contributed by atoms with E-state index in [-0.39, 0.29) is 17.5 Å². The predicted molar refractivity (Wildman–Crippen MR) is 91.6 cm³/mol. The molecule has 2 nitrogen and oxygen atoms in total. The average molecular weight is 347 g/mol. The van der Waals surface area contributed by atoms with E-state index in [1.165, 1.54) is 18.2 Å². The van der Waals surface area contributed by atoms with Gasteiger partial charge in [0.25, 0.3) is 5.91 Å². The van der Waals surface area contributed by atoms with Crippen LogP contribution in [0.1, 0.15) is 41.8 Å². The highest BCUT2D eigenvalue weighted by molar-refractivity contribution is 6.08. The Kier molecular flexibility index (Phi) is 4.58. The number of carbonyl (C=O) groups excluding carboxylic acids is 1. The summed E-state index contributed by atoms with van der Waals surface area (Å²) in [6.07, 6.45) is -2.99. The molecular weight excluding hydrogens is 327 g/mol. The smallest absolute Gasteiger partial charge is 0.305 e. The first kappa shape index (κ1) is 17.5. The molecule has 0 saturated carbocycles. The lowest BCUT2D eigenvalue weighted by molar-refractivity contribution is -0.137. The topological polar surface area (TPSA) is 20.3 Å². The fourth-order valence-corrected chi connectivity index (χ4v) is 3.51. The molecule has 1 aliphatic heterocycles. The molecule has 1 atom stereocenters. The minimum atomic E-state index is -4.56. The molecular formula is C20H20F3NO. The van der Waals surface area contributed by atoms with E-state index < -0.39 is 17.6 Å². The van der Waals surface area contributed by atoms with E-state index in [1.54, 1.807) is 4.90 Å². The molecule has 0 fully saturated rings. The third-order valence-electron chi connectivity index (χ3n) is 4.74. The standard InChI is InChI=1S/C20H20F3NO/c1-13(2)17-12-11-14-7-3-6-10-18(14)24(17)19(25)15-8-4-5-9-16(15)20(21,22)23/h3-10,13,17H,11-12H2,1-2H3/t17-/m0/s1. The number of hydrogen-bond donors (Lipinski definition) is 0. The lowest BCUT2D eigenvalue weighted by Gasteiger charge is -2.40. The van der Waals surface area contributed by atoms with Crippen LogP contribution < -0.4 is 4.90 Å². The van der Waals surface area contributed by atoms with E-state index in [0.717, 1.165) is 30.2 Å². The minimum absolute atomic E-state index is 0.122. The quantitative estimate of drug-likeness (QED) is 0.720. The number of halogens is 3. The fraction of sp³-hybridized carbons (Fsp3) is 0.350. The van der Waals surface area contributed by atoms with Crippen LogP contribution in [0, 0.1) is 5.92 Å². The Morgan fingerprint density at radius 1 is 1.08 bits per heavy atom. The summed E-state index contributed by atoms with van der Waals surface area (Å²) in [4.78, 5) is 14.7. The first-order chi connectivity index (χ1) is 11.8. The molecule has 0 aliphatic carbocycles. The van der Waals surface area contributed by atoms with Gasteiger partial charge in [-0.25, -0.2) is 0 Å². The average Bonchev–Trinajstić information content (AvgIpc) is 2.59. The van der Waals surface area contributed by atoms with Crippen molar-refractivity contribution in [3.63, 3.8) is 0 Å². The van der Waals surface area contributed by atoms with Crippen LogP contribution >= 0.6 is 0 Å². The molecule has 132 valence electrons. The van der Waals surface area contributed by atoms with Crippen LogP contribution in [-0.4, -0.2) is 11.9 Å². The second kappa shape index (κ2) is 6.54. The van der Waals surface area contributed by atoms with Gasteiger partial charge in [-0.1, -0.05) is 44.2 Å². The molecule has 0 spiro atoms. The van der Waals surface area contributed by atoms with E-state index in [1.807, 2.05) is 38.1 Å². The SMILES string of the molecule is CC(C)[C@@H]1CCc2ccccc2N1C(=O)c1ccccc1C(F)(F)F. The van der Waals surface area contributed by atoms with Crippen molar-refractivity contribution >= 4 is 11.6 Å². The summed E-state index contributed by atoms with van der Waals surface area (Å²) in [6.45, 7) is 3.99. The summed E-state index contributed by atoms with van der Waals surface area (Å²) in [5.74, 6) is -0.436. The second-order valence-corrected chi connectivity index (χ2v) is 6.70. The number of para-hydroxylation sites is 1. The summed E-state index contributed by atoms with van der Waals surface area (Å²) >= 11 is 0. The van der Waals surface area contributed by atoms with E-state index in [9.17, 15) is 18.0 Å². The maximum atomic E-state index is 13.4. The zero-order valence-corrected chi connectivity index (χ0v) is 14.2. The fourth-order valence-electron chi connectivity index (χ4n) is 3.51. The molecule has 0 aromatic heterocycles. The number of benzene rings is 2. The van der Waals surface area contributed by atoms with Gasteiger partial charge in [-0.05, 0) is 42.5 Å². The number of hydrogen-bond acceptors (Lipinski definition) is 1. The number of alkyl halides is 3. The summed E-state index contributed by atoms with van der Waals surface area (Å²) in [7, 11) is 0. The third-order valence-corrected chi connectivity index (χ3v) is 4.74. The van der Waals surface area contributed by atoms with Gasteiger partial charge in [0.05, 0.1) is 11.1 Å². The van der Waals surface area contributed by atoms with Crippen molar-refractivity contribution in [2.45, 2.75) is 38.9 Å². The molecule has 1 aliphatic rings. The van der Waals surface area contributed by atoms with Gasteiger partial charge in [-0.2, -0.15) is 13.2 Å². The van der Waals surface area contributed by atoms with Crippen molar-refractivity contribution in [3.05, 3.63) is 65.2 Å². The van der Waals surface area contributed by atoms with Gasteiger partial charge in [-0.15, -0.1) is 0 Å². The van der Waals surface area contributed by atoms with Crippen LogP contribution in [0.4, 0.5) is 18.9 Å². The van der Waals surface area contributed by atoms with Gasteiger partial charge in [0.2, 0.25) is 0 Å². The van der Waals surface area contributed by atoms with Crippen molar-refractivity contribution in [2.75, 3.05) is 4.90 Å². The van der Waals surface area contributed by atoms with Gasteiger partial charge in [0, 0.05) is 11.7 Å². The molecule has 0 N–H and O–H groups in total. The summed E-state index contributed by atoms with van der Waals surface area (Å²) in [5, 5.41) is 0. The maximum absolute atomic E-state index is 13.4. The molecule has 1 amide bonds. The highest BCUT2D eigenvalue weighted by Gasteiger charge is 2.39. The minimum Gasteiger partial charge on any atom is -0.305 e. The number of nitrogens with zero attached hydrogens (tertiary/aromatic N) is 1. The molecule has 1 heterocycles. The number of anilines is 1. The van der Waals surface area contributed by atoms with Crippen LogP contribution in [0.3, 0.4) is 0 Å². The number of carbonyl (C=O) groups is 1. The Balaban J connectivity index is 2.12.